The Morgan fingerprint density at radius 3 is 2.59 bits per heavy atom. The summed E-state index contributed by atoms with van der Waals surface area (Å²) in [6.45, 7) is 1.90. The van der Waals surface area contributed by atoms with Gasteiger partial charge >= 0.3 is 0 Å². The number of nitrogens with zero attached hydrogens (tertiary/aromatic N) is 1. The first kappa shape index (κ1) is 11.9. The molecule has 0 spiro atoms. The number of amides is 1. The highest BCUT2D eigenvalue weighted by Gasteiger charge is 2.15. The zero-order chi connectivity index (χ0) is 12.1. The fourth-order valence-electron chi connectivity index (χ4n) is 2.11. The quantitative estimate of drug-likeness (QED) is 0.837. The van der Waals surface area contributed by atoms with Crippen molar-refractivity contribution >= 4 is 11.6 Å². The highest BCUT2D eigenvalue weighted by Crippen LogP contribution is 2.14. The summed E-state index contributed by atoms with van der Waals surface area (Å²) in [6.07, 6.45) is 3.58. The predicted octanol–water partition coefficient (Wildman–Crippen LogP) is 1.86. The molecular weight excluding hydrogens is 214 g/mol. The third kappa shape index (κ3) is 2.97. The predicted molar refractivity (Wildman–Crippen MR) is 68.9 cm³/mol. The van der Waals surface area contributed by atoms with Crippen LogP contribution in [-0.2, 0) is 0 Å². The molecule has 0 saturated carbocycles. The number of rotatable bonds is 3. The Bertz CT molecular complexity index is 386. The molecule has 1 saturated heterocycles. The molecule has 4 heteroatoms. The highest BCUT2D eigenvalue weighted by atomic mass is 16.2. The average molecular weight is 233 g/mol. The monoisotopic (exact) mass is 233 g/mol. The highest BCUT2D eigenvalue weighted by molar-refractivity contribution is 5.99. The number of hydrazine groups is 1. The molecule has 1 aromatic rings. The minimum absolute atomic E-state index is 0.0307. The van der Waals surface area contributed by atoms with Gasteiger partial charge in [-0.1, -0.05) is 18.6 Å². The topological polar surface area (TPSA) is 44.4 Å². The van der Waals surface area contributed by atoms with Gasteiger partial charge in [-0.25, -0.2) is 5.01 Å². The van der Waals surface area contributed by atoms with Crippen LogP contribution in [0.3, 0.4) is 0 Å². The van der Waals surface area contributed by atoms with E-state index in [2.05, 4.69) is 10.7 Å². The van der Waals surface area contributed by atoms with Crippen molar-refractivity contribution in [2.75, 3.05) is 25.5 Å². The number of carbonyl (C=O) groups excluding carboxylic acids is 1. The number of para-hydroxylation sites is 1. The van der Waals surface area contributed by atoms with Gasteiger partial charge in [0.1, 0.15) is 0 Å². The molecule has 1 aliphatic rings. The summed E-state index contributed by atoms with van der Waals surface area (Å²) in [5.74, 6) is -0.0307. The van der Waals surface area contributed by atoms with Crippen molar-refractivity contribution < 1.29 is 4.79 Å². The van der Waals surface area contributed by atoms with Crippen LogP contribution in [0.5, 0.6) is 0 Å². The van der Waals surface area contributed by atoms with Crippen LogP contribution in [0, 0.1) is 0 Å². The third-order valence-corrected chi connectivity index (χ3v) is 3.06. The lowest BCUT2D eigenvalue weighted by atomic mass is 10.1. The van der Waals surface area contributed by atoms with Crippen LogP contribution in [0.2, 0.25) is 0 Å². The standard InChI is InChI=1S/C13H19N3O/c1-14-12-8-4-3-7-11(12)13(17)15-16-9-5-2-6-10-16/h3-4,7-8,14H,2,5-6,9-10H2,1H3,(H,15,17). The molecular formula is C13H19N3O. The first-order valence-corrected chi connectivity index (χ1v) is 6.14. The average Bonchev–Trinajstić information content (AvgIpc) is 2.40. The summed E-state index contributed by atoms with van der Waals surface area (Å²) in [5.41, 5.74) is 4.52. The van der Waals surface area contributed by atoms with Gasteiger partial charge in [-0.3, -0.25) is 10.2 Å². The fraction of sp³-hybridized carbons (Fsp3) is 0.462. The van der Waals surface area contributed by atoms with E-state index in [4.69, 9.17) is 0 Å². The van der Waals surface area contributed by atoms with E-state index < -0.39 is 0 Å². The van der Waals surface area contributed by atoms with E-state index in [1.165, 1.54) is 6.42 Å². The summed E-state index contributed by atoms with van der Waals surface area (Å²) in [4.78, 5) is 12.1. The van der Waals surface area contributed by atoms with E-state index in [1.807, 2.05) is 36.3 Å². The van der Waals surface area contributed by atoms with Crippen LogP contribution in [-0.4, -0.2) is 31.1 Å². The van der Waals surface area contributed by atoms with E-state index in [9.17, 15) is 4.79 Å². The van der Waals surface area contributed by atoms with Crippen molar-refractivity contribution in [3.63, 3.8) is 0 Å². The number of carbonyl (C=O) groups is 1. The first-order valence-electron chi connectivity index (χ1n) is 6.14. The minimum atomic E-state index is -0.0307. The van der Waals surface area contributed by atoms with Crippen LogP contribution < -0.4 is 10.7 Å². The Labute approximate surface area is 102 Å². The number of benzene rings is 1. The number of nitrogens with one attached hydrogen (secondary N) is 2. The second kappa shape index (κ2) is 5.68. The largest absolute Gasteiger partial charge is 0.387 e. The van der Waals surface area contributed by atoms with E-state index in [0.29, 0.717) is 5.56 Å². The Morgan fingerprint density at radius 1 is 1.18 bits per heavy atom. The van der Waals surface area contributed by atoms with Crippen molar-refractivity contribution in [2.45, 2.75) is 19.3 Å². The maximum absolute atomic E-state index is 12.1. The fourth-order valence-corrected chi connectivity index (χ4v) is 2.11. The second-order valence-electron chi connectivity index (χ2n) is 4.28. The molecule has 2 N–H and O–H groups in total. The van der Waals surface area contributed by atoms with Gasteiger partial charge < -0.3 is 5.32 Å². The number of hydrogen-bond acceptors (Lipinski definition) is 3. The molecule has 17 heavy (non-hydrogen) atoms. The minimum Gasteiger partial charge on any atom is -0.387 e. The van der Waals surface area contributed by atoms with Gasteiger partial charge in [-0.15, -0.1) is 0 Å². The Balaban J connectivity index is 2.03. The van der Waals surface area contributed by atoms with Gasteiger partial charge in [0.25, 0.3) is 5.91 Å². The molecule has 0 aliphatic carbocycles. The molecule has 1 aromatic carbocycles. The van der Waals surface area contributed by atoms with Crippen LogP contribution in [0.15, 0.2) is 24.3 Å². The van der Waals surface area contributed by atoms with Crippen LogP contribution in [0.4, 0.5) is 5.69 Å². The van der Waals surface area contributed by atoms with E-state index in [1.54, 1.807) is 0 Å². The molecule has 1 fully saturated rings. The SMILES string of the molecule is CNc1ccccc1C(=O)NN1CCCCC1. The van der Waals surface area contributed by atoms with Crippen LogP contribution >= 0.6 is 0 Å². The summed E-state index contributed by atoms with van der Waals surface area (Å²) in [6, 6.07) is 7.55. The number of hydrogen-bond donors (Lipinski definition) is 2. The van der Waals surface area contributed by atoms with E-state index in [0.717, 1.165) is 31.6 Å². The molecule has 4 nitrogen and oxygen atoms in total. The maximum Gasteiger partial charge on any atom is 0.267 e. The smallest absolute Gasteiger partial charge is 0.267 e. The summed E-state index contributed by atoms with van der Waals surface area (Å²) < 4.78 is 0. The van der Waals surface area contributed by atoms with Crippen molar-refractivity contribution in [1.29, 1.82) is 0 Å². The van der Waals surface area contributed by atoms with E-state index >= 15 is 0 Å². The van der Waals surface area contributed by atoms with Gasteiger partial charge in [-0.2, -0.15) is 0 Å². The molecule has 0 bridgehead atoms. The first-order chi connectivity index (χ1) is 8.31. The Hall–Kier alpha value is -1.55. The summed E-state index contributed by atoms with van der Waals surface area (Å²) in [5, 5.41) is 5.05. The molecule has 0 radical (unpaired) electrons. The second-order valence-corrected chi connectivity index (χ2v) is 4.28. The molecule has 0 atom stereocenters. The number of piperidine rings is 1. The molecule has 0 unspecified atom stereocenters. The van der Waals surface area contributed by atoms with Crippen LogP contribution in [0.25, 0.3) is 0 Å². The lowest BCUT2D eigenvalue weighted by Gasteiger charge is -2.27. The molecule has 1 amide bonds. The molecule has 92 valence electrons. The Morgan fingerprint density at radius 2 is 1.88 bits per heavy atom. The lowest BCUT2D eigenvalue weighted by Crippen LogP contribution is -2.45. The molecule has 2 rings (SSSR count). The summed E-state index contributed by atoms with van der Waals surface area (Å²) in [7, 11) is 1.83. The van der Waals surface area contributed by atoms with Crippen molar-refractivity contribution in [2.24, 2.45) is 0 Å². The van der Waals surface area contributed by atoms with Crippen molar-refractivity contribution in [3.8, 4) is 0 Å². The van der Waals surface area contributed by atoms with Gasteiger partial charge in [0.05, 0.1) is 5.56 Å². The normalized spacial score (nSPS) is 16.5. The molecule has 0 aromatic heterocycles. The van der Waals surface area contributed by atoms with E-state index in [-0.39, 0.29) is 5.91 Å². The van der Waals surface area contributed by atoms with Crippen molar-refractivity contribution in [3.05, 3.63) is 29.8 Å². The summed E-state index contributed by atoms with van der Waals surface area (Å²) >= 11 is 0. The van der Waals surface area contributed by atoms with Gasteiger partial charge in [0, 0.05) is 25.8 Å². The zero-order valence-electron chi connectivity index (χ0n) is 10.2. The van der Waals surface area contributed by atoms with Gasteiger partial charge in [0.15, 0.2) is 0 Å². The third-order valence-electron chi connectivity index (χ3n) is 3.06. The lowest BCUT2D eigenvalue weighted by molar-refractivity contribution is 0.0751. The number of anilines is 1. The Kier molecular flexibility index (Phi) is 3.98. The maximum atomic E-state index is 12.1. The molecule has 1 aliphatic heterocycles. The van der Waals surface area contributed by atoms with Gasteiger partial charge in [-0.05, 0) is 25.0 Å². The molecule has 1 heterocycles. The zero-order valence-corrected chi connectivity index (χ0v) is 10.2. The van der Waals surface area contributed by atoms with Gasteiger partial charge in [0.2, 0.25) is 0 Å². The van der Waals surface area contributed by atoms with Crippen LogP contribution in [0.1, 0.15) is 29.6 Å². The van der Waals surface area contributed by atoms with Crippen molar-refractivity contribution in [1.82, 2.24) is 10.4 Å².